The smallest absolute Gasteiger partial charge is 0.236 e. The van der Waals surface area contributed by atoms with Crippen molar-refractivity contribution in [2.75, 3.05) is 28.7 Å². The van der Waals surface area contributed by atoms with Gasteiger partial charge in [-0.2, -0.15) is 15.2 Å². The Balaban J connectivity index is 1.83. The van der Waals surface area contributed by atoms with Crippen LogP contribution in [0.15, 0.2) is 18.2 Å². The molecule has 2 N–H and O–H groups in total. The summed E-state index contributed by atoms with van der Waals surface area (Å²) in [6.45, 7) is 4.22. The number of nitriles is 1. The summed E-state index contributed by atoms with van der Waals surface area (Å²) < 4.78 is 0. The Morgan fingerprint density at radius 2 is 2.16 bits per heavy atom. The van der Waals surface area contributed by atoms with Crippen LogP contribution in [0.25, 0.3) is 0 Å². The number of anilines is 3. The third-order valence-corrected chi connectivity index (χ3v) is 4.70. The molecule has 2 heterocycles. The van der Waals surface area contributed by atoms with Crippen LogP contribution in [-0.4, -0.2) is 23.2 Å². The van der Waals surface area contributed by atoms with Gasteiger partial charge in [0.2, 0.25) is 5.82 Å². The van der Waals surface area contributed by atoms with Crippen LogP contribution in [0.4, 0.5) is 17.3 Å². The minimum atomic E-state index is 0.153. The summed E-state index contributed by atoms with van der Waals surface area (Å²) >= 11 is 12.0. The van der Waals surface area contributed by atoms with Crippen molar-refractivity contribution in [1.82, 2.24) is 9.97 Å². The normalized spacial score (nSPS) is 12.5. The van der Waals surface area contributed by atoms with Gasteiger partial charge in [0.25, 0.3) is 0 Å². The summed E-state index contributed by atoms with van der Waals surface area (Å²) in [5.41, 5.74) is 1.80. The van der Waals surface area contributed by atoms with Gasteiger partial charge in [-0.05, 0) is 24.1 Å². The molecule has 0 unspecified atom stereocenters. The average Bonchev–Trinajstić information content (AvgIpc) is 3.03. The molecule has 0 fully saturated rings. The number of rotatable bonds is 6. The molecule has 0 amide bonds. The fourth-order valence-corrected chi connectivity index (χ4v) is 2.96. The molecular formula is C17H18Cl2N6. The highest BCUT2D eigenvalue weighted by atomic mass is 35.5. The Morgan fingerprint density at radius 3 is 2.88 bits per heavy atom. The van der Waals surface area contributed by atoms with Gasteiger partial charge in [0.1, 0.15) is 11.8 Å². The second kappa shape index (κ2) is 7.77. The lowest BCUT2D eigenvalue weighted by Crippen LogP contribution is -2.24. The topological polar surface area (TPSA) is 76.9 Å². The summed E-state index contributed by atoms with van der Waals surface area (Å²) in [6.07, 6.45) is 2.17. The molecule has 8 heteroatoms. The molecule has 25 heavy (non-hydrogen) atoms. The molecule has 1 aromatic heterocycles. The van der Waals surface area contributed by atoms with Gasteiger partial charge in [-0.1, -0.05) is 42.6 Å². The fourth-order valence-electron chi connectivity index (χ4n) is 2.64. The summed E-state index contributed by atoms with van der Waals surface area (Å²) in [6, 6.07) is 7.50. The largest absolute Gasteiger partial charge is 0.364 e. The van der Waals surface area contributed by atoms with E-state index < -0.39 is 0 Å². The summed E-state index contributed by atoms with van der Waals surface area (Å²) in [4.78, 5) is 10.8. The fraction of sp³-hybridized carbons (Fsp3) is 0.353. The Kier molecular flexibility index (Phi) is 5.47. The molecule has 0 atom stereocenters. The maximum Gasteiger partial charge on any atom is 0.236 e. The summed E-state index contributed by atoms with van der Waals surface area (Å²) in [7, 11) is 0. The third kappa shape index (κ3) is 3.89. The SMILES string of the molecule is CCCCN1CNc2c(NCc3ccc(Cl)c(Cl)c3)nc(C#N)nc21. The highest BCUT2D eigenvalue weighted by Crippen LogP contribution is 2.35. The van der Waals surface area contributed by atoms with Crippen LogP contribution in [0.1, 0.15) is 31.2 Å². The zero-order valence-electron chi connectivity index (χ0n) is 13.8. The molecule has 0 saturated carbocycles. The van der Waals surface area contributed by atoms with E-state index in [0.29, 0.717) is 29.1 Å². The van der Waals surface area contributed by atoms with E-state index in [9.17, 15) is 5.26 Å². The van der Waals surface area contributed by atoms with E-state index in [0.717, 1.165) is 36.5 Å². The molecule has 3 rings (SSSR count). The molecular weight excluding hydrogens is 359 g/mol. The van der Waals surface area contributed by atoms with Crippen molar-refractivity contribution in [3.8, 4) is 6.07 Å². The van der Waals surface area contributed by atoms with Gasteiger partial charge < -0.3 is 15.5 Å². The average molecular weight is 377 g/mol. The molecule has 0 bridgehead atoms. The van der Waals surface area contributed by atoms with Crippen LogP contribution in [0, 0.1) is 11.3 Å². The molecule has 0 radical (unpaired) electrons. The zero-order chi connectivity index (χ0) is 17.8. The number of fused-ring (bicyclic) bond motifs is 1. The van der Waals surface area contributed by atoms with Gasteiger partial charge in [0.05, 0.1) is 16.7 Å². The van der Waals surface area contributed by atoms with E-state index in [1.54, 1.807) is 6.07 Å². The van der Waals surface area contributed by atoms with Crippen molar-refractivity contribution in [2.24, 2.45) is 0 Å². The number of nitrogens with zero attached hydrogens (tertiary/aromatic N) is 4. The second-order valence-corrected chi connectivity index (χ2v) is 6.57. The van der Waals surface area contributed by atoms with E-state index in [-0.39, 0.29) is 5.82 Å². The molecule has 6 nitrogen and oxygen atoms in total. The first-order valence-electron chi connectivity index (χ1n) is 8.11. The molecule has 2 aromatic rings. The van der Waals surface area contributed by atoms with Gasteiger partial charge in [-0.3, -0.25) is 0 Å². The highest BCUT2D eigenvalue weighted by molar-refractivity contribution is 6.42. The Hall–Kier alpha value is -2.23. The molecule has 0 aliphatic carbocycles. The molecule has 1 aromatic carbocycles. The lowest BCUT2D eigenvalue weighted by molar-refractivity contribution is 0.742. The monoisotopic (exact) mass is 376 g/mol. The van der Waals surface area contributed by atoms with Crippen molar-refractivity contribution >= 4 is 40.5 Å². The van der Waals surface area contributed by atoms with Crippen molar-refractivity contribution in [1.29, 1.82) is 5.26 Å². The van der Waals surface area contributed by atoms with Crippen LogP contribution >= 0.6 is 23.2 Å². The van der Waals surface area contributed by atoms with Crippen molar-refractivity contribution in [3.63, 3.8) is 0 Å². The van der Waals surface area contributed by atoms with Crippen LogP contribution in [0.3, 0.4) is 0 Å². The molecule has 130 valence electrons. The standard InChI is InChI=1S/C17H18Cl2N6/c1-2-3-6-25-10-22-15-16(23-14(8-20)24-17(15)25)21-9-11-4-5-12(18)13(19)7-11/h4-5,7,22H,2-3,6,9-10H2,1H3,(H,21,23,24). The molecule has 1 aliphatic heterocycles. The maximum absolute atomic E-state index is 9.23. The van der Waals surface area contributed by atoms with E-state index in [2.05, 4.69) is 32.4 Å². The van der Waals surface area contributed by atoms with Crippen molar-refractivity contribution in [2.45, 2.75) is 26.3 Å². The number of hydrogen-bond acceptors (Lipinski definition) is 6. The first-order chi connectivity index (χ1) is 12.1. The van der Waals surface area contributed by atoms with Crippen LogP contribution in [0.5, 0.6) is 0 Å². The number of hydrogen-bond donors (Lipinski definition) is 2. The minimum absolute atomic E-state index is 0.153. The van der Waals surface area contributed by atoms with E-state index in [1.165, 1.54) is 0 Å². The Bertz CT molecular complexity index is 818. The molecule has 0 saturated heterocycles. The number of aromatic nitrogens is 2. The van der Waals surface area contributed by atoms with Crippen molar-refractivity contribution in [3.05, 3.63) is 39.6 Å². The third-order valence-electron chi connectivity index (χ3n) is 3.96. The Morgan fingerprint density at radius 1 is 1.32 bits per heavy atom. The number of unbranched alkanes of at least 4 members (excludes halogenated alkanes) is 1. The zero-order valence-corrected chi connectivity index (χ0v) is 15.3. The first-order valence-corrected chi connectivity index (χ1v) is 8.86. The lowest BCUT2D eigenvalue weighted by atomic mass is 10.2. The van der Waals surface area contributed by atoms with E-state index in [1.807, 2.05) is 18.2 Å². The quantitative estimate of drug-likeness (QED) is 0.784. The number of benzene rings is 1. The highest BCUT2D eigenvalue weighted by Gasteiger charge is 2.25. The van der Waals surface area contributed by atoms with Crippen LogP contribution in [-0.2, 0) is 6.54 Å². The second-order valence-electron chi connectivity index (χ2n) is 5.76. The van der Waals surface area contributed by atoms with Crippen molar-refractivity contribution < 1.29 is 0 Å². The maximum atomic E-state index is 9.23. The lowest BCUT2D eigenvalue weighted by Gasteiger charge is -2.16. The molecule has 0 spiro atoms. The van der Waals surface area contributed by atoms with Gasteiger partial charge >= 0.3 is 0 Å². The van der Waals surface area contributed by atoms with Crippen LogP contribution in [0.2, 0.25) is 10.0 Å². The van der Waals surface area contributed by atoms with E-state index >= 15 is 0 Å². The number of nitrogens with one attached hydrogen (secondary N) is 2. The van der Waals surface area contributed by atoms with Gasteiger partial charge in [-0.25, -0.2) is 0 Å². The van der Waals surface area contributed by atoms with Gasteiger partial charge in [-0.15, -0.1) is 0 Å². The first kappa shape index (κ1) is 17.6. The predicted octanol–water partition coefficient (Wildman–Crippen LogP) is 4.26. The minimum Gasteiger partial charge on any atom is -0.364 e. The number of halogens is 2. The van der Waals surface area contributed by atoms with Crippen LogP contribution < -0.4 is 15.5 Å². The Labute approximate surface area is 156 Å². The van der Waals surface area contributed by atoms with Gasteiger partial charge in [0.15, 0.2) is 11.6 Å². The van der Waals surface area contributed by atoms with E-state index in [4.69, 9.17) is 23.2 Å². The predicted molar refractivity (Wildman–Crippen MR) is 101 cm³/mol. The molecule has 1 aliphatic rings. The van der Waals surface area contributed by atoms with Gasteiger partial charge in [0, 0.05) is 13.1 Å². The summed E-state index contributed by atoms with van der Waals surface area (Å²) in [5, 5.41) is 16.8. The summed E-state index contributed by atoms with van der Waals surface area (Å²) in [5.74, 6) is 1.55.